The molecular formula is C24H25NU. The number of nitrogens with zero attached hydrogens (tertiary/aromatic N) is 1. The van der Waals surface area contributed by atoms with Gasteiger partial charge in [-0.2, -0.15) is 36.4 Å². The summed E-state index contributed by atoms with van der Waals surface area (Å²) in [5.41, 5.74) is 6.98. The van der Waals surface area contributed by atoms with Gasteiger partial charge in [-0.3, -0.25) is 0 Å². The number of allylic oxidation sites excluding steroid dienone is 5. The quantitative estimate of drug-likeness (QED) is 0.406. The summed E-state index contributed by atoms with van der Waals surface area (Å²) in [6.45, 7) is 10.4. The van der Waals surface area contributed by atoms with Gasteiger partial charge in [-0.15, -0.1) is 35.4 Å². The van der Waals surface area contributed by atoms with E-state index in [1.165, 1.54) is 16.7 Å². The minimum atomic E-state index is 0. The van der Waals surface area contributed by atoms with Gasteiger partial charge in [0.25, 0.3) is 0 Å². The van der Waals surface area contributed by atoms with Crippen molar-refractivity contribution in [3.05, 3.63) is 114 Å². The van der Waals surface area contributed by atoms with Crippen LogP contribution in [0.15, 0.2) is 90.3 Å². The maximum absolute atomic E-state index is 4.13. The van der Waals surface area contributed by atoms with Crippen molar-refractivity contribution in [1.29, 1.82) is 0 Å². The minimum absolute atomic E-state index is 0. The number of hydrogen-bond acceptors (Lipinski definition) is 1. The molecule has 1 aliphatic heterocycles. The van der Waals surface area contributed by atoms with E-state index in [0.717, 1.165) is 16.8 Å². The van der Waals surface area contributed by atoms with Crippen molar-refractivity contribution in [2.24, 2.45) is 0 Å². The first kappa shape index (κ1) is 22.3. The Morgan fingerprint density at radius 1 is 1.04 bits per heavy atom. The van der Waals surface area contributed by atoms with E-state index in [2.05, 4.69) is 74.0 Å². The topological polar surface area (TPSA) is 3.24 Å². The Morgan fingerprint density at radius 3 is 2.23 bits per heavy atom. The van der Waals surface area contributed by atoms with Crippen LogP contribution in [-0.2, 0) is 0 Å². The number of aryl methyl sites for hydroxylation is 1. The zero-order chi connectivity index (χ0) is 18.2. The molecule has 0 atom stereocenters. The van der Waals surface area contributed by atoms with Crippen LogP contribution >= 0.6 is 0 Å². The summed E-state index contributed by atoms with van der Waals surface area (Å²) < 4.78 is 0. The molecule has 0 amide bonds. The molecule has 0 bridgehead atoms. The summed E-state index contributed by atoms with van der Waals surface area (Å²) in [5.74, 6) is 0. The molecule has 2 heteroatoms. The Kier molecular flexibility index (Phi) is 9.49. The summed E-state index contributed by atoms with van der Waals surface area (Å²) in [6.07, 6.45) is 6.35. The maximum atomic E-state index is 4.13. The summed E-state index contributed by atoms with van der Waals surface area (Å²) in [4.78, 5) is 2.08. The van der Waals surface area contributed by atoms with Crippen LogP contribution in [0.25, 0.3) is 5.57 Å². The van der Waals surface area contributed by atoms with Crippen molar-refractivity contribution >= 4 is 5.57 Å². The number of likely N-dealkylation sites (N-methyl/N-ethyl adjacent to an activating group) is 1. The van der Waals surface area contributed by atoms with E-state index in [0.29, 0.717) is 0 Å². The summed E-state index contributed by atoms with van der Waals surface area (Å²) in [6, 6.07) is 22.2. The van der Waals surface area contributed by atoms with E-state index < -0.39 is 0 Å². The zero-order valence-corrected chi connectivity index (χ0v) is 20.2. The standard InChI is InChI=1S/C18H20N.C6H5.U/c1-6-8-17-14(3)15(4)19(5)12-18(17)16-10-7-9-13(2)11-16;1-2-4-6-5-3-1;/h6-10,12H,4H2,1-3,5H3;1-5H;/q2*-1;+2/b8-6-;;. The second kappa shape index (κ2) is 11.1. The Morgan fingerprint density at radius 2 is 1.73 bits per heavy atom. The van der Waals surface area contributed by atoms with Crippen LogP contribution in [0.5, 0.6) is 0 Å². The van der Waals surface area contributed by atoms with E-state index in [1.54, 1.807) is 0 Å². The van der Waals surface area contributed by atoms with Crippen molar-refractivity contribution in [2.75, 3.05) is 7.05 Å². The minimum Gasteiger partial charge on any atom is -0.360 e. The molecule has 0 spiro atoms. The van der Waals surface area contributed by atoms with Crippen molar-refractivity contribution in [3.63, 3.8) is 0 Å². The van der Waals surface area contributed by atoms with Crippen LogP contribution in [0.3, 0.4) is 0 Å². The molecule has 3 rings (SSSR count). The molecule has 0 unspecified atom stereocenters. The van der Waals surface area contributed by atoms with Crippen molar-refractivity contribution in [3.8, 4) is 0 Å². The van der Waals surface area contributed by atoms with Gasteiger partial charge < -0.3 is 4.90 Å². The van der Waals surface area contributed by atoms with Gasteiger partial charge in [0.1, 0.15) is 0 Å². The maximum Gasteiger partial charge on any atom is 2.00 e. The molecule has 0 saturated carbocycles. The van der Waals surface area contributed by atoms with Crippen LogP contribution in [0.1, 0.15) is 25.0 Å². The second-order valence-electron chi connectivity index (χ2n) is 5.96. The molecule has 1 nitrogen and oxygen atoms in total. The van der Waals surface area contributed by atoms with Gasteiger partial charge in [-0.25, -0.2) is 0 Å². The predicted molar refractivity (Wildman–Crippen MR) is 108 cm³/mol. The van der Waals surface area contributed by atoms with E-state index in [-0.39, 0.29) is 31.1 Å². The Hall–Kier alpha value is -1.75. The van der Waals surface area contributed by atoms with E-state index in [9.17, 15) is 0 Å². The third-order valence-electron chi connectivity index (χ3n) is 4.05. The van der Waals surface area contributed by atoms with Crippen LogP contribution in [0, 0.1) is 50.2 Å². The van der Waals surface area contributed by atoms with Gasteiger partial charge in [0.05, 0.1) is 0 Å². The molecule has 0 radical (unpaired) electrons. The number of hydrogen-bond donors (Lipinski definition) is 0. The van der Waals surface area contributed by atoms with Gasteiger partial charge in [0, 0.05) is 12.7 Å². The summed E-state index contributed by atoms with van der Waals surface area (Å²) >= 11 is 0. The molecule has 0 fully saturated rings. The molecule has 0 N–H and O–H groups in total. The van der Waals surface area contributed by atoms with Crippen LogP contribution in [-0.4, -0.2) is 11.9 Å². The number of rotatable bonds is 2. The molecule has 2 aromatic carbocycles. The largest absolute Gasteiger partial charge is 2.00 e. The molecule has 26 heavy (non-hydrogen) atoms. The number of benzene rings is 2. The van der Waals surface area contributed by atoms with Crippen LogP contribution < -0.4 is 0 Å². The van der Waals surface area contributed by atoms with Crippen molar-refractivity contribution in [1.82, 2.24) is 4.90 Å². The average molecular weight is 566 g/mol. The first-order valence-electron chi connectivity index (χ1n) is 8.43. The van der Waals surface area contributed by atoms with Crippen LogP contribution in [0.2, 0.25) is 0 Å². The van der Waals surface area contributed by atoms with Gasteiger partial charge in [-0.05, 0) is 25.6 Å². The summed E-state index contributed by atoms with van der Waals surface area (Å²) in [7, 11) is 2.04. The normalized spacial score (nSPS) is 13.8. The smallest absolute Gasteiger partial charge is 0.360 e. The van der Waals surface area contributed by atoms with Gasteiger partial charge >= 0.3 is 31.1 Å². The fraction of sp³-hybridized carbons (Fsp3) is 0.167. The van der Waals surface area contributed by atoms with Gasteiger partial charge in [0.2, 0.25) is 0 Å². The van der Waals surface area contributed by atoms with E-state index in [1.807, 2.05) is 44.3 Å². The molecule has 1 heterocycles. The fourth-order valence-electron chi connectivity index (χ4n) is 2.64. The van der Waals surface area contributed by atoms with Gasteiger partial charge in [-0.1, -0.05) is 36.8 Å². The molecule has 130 valence electrons. The molecule has 1 aliphatic rings. The van der Waals surface area contributed by atoms with E-state index >= 15 is 0 Å². The Bertz CT molecular complexity index is 786. The monoisotopic (exact) mass is 565 g/mol. The Balaban J connectivity index is 0.000000410. The fourth-order valence-corrected chi connectivity index (χ4v) is 2.64. The predicted octanol–water partition coefficient (Wildman–Crippen LogP) is 5.97. The zero-order valence-electron chi connectivity index (χ0n) is 16.0. The molecule has 0 saturated heterocycles. The third-order valence-corrected chi connectivity index (χ3v) is 4.05. The first-order chi connectivity index (χ1) is 12.0. The van der Waals surface area contributed by atoms with Crippen LogP contribution in [0.4, 0.5) is 0 Å². The van der Waals surface area contributed by atoms with Gasteiger partial charge in [0.15, 0.2) is 0 Å². The molecule has 2 aromatic rings. The molecule has 0 aromatic heterocycles. The van der Waals surface area contributed by atoms with E-state index in [4.69, 9.17) is 0 Å². The molecular weight excluding hydrogens is 540 g/mol. The third kappa shape index (κ3) is 5.91. The summed E-state index contributed by atoms with van der Waals surface area (Å²) in [5, 5.41) is 0. The second-order valence-corrected chi connectivity index (χ2v) is 5.96. The average Bonchev–Trinajstić information content (AvgIpc) is 2.64. The first-order valence-corrected chi connectivity index (χ1v) is 8.43. The Labute approximate surface area is 182 Å². The van der Waals surface area contributed by atoms with Crippen molar-refractivity contribution < 1.29 is 31.1 Å². The molecule has 0 aliphatic carbocycles. The van der Waals surface area contributed by atoms with Crippen molar-refractivity contribution in [2.45, 2.75) is 20.8 Å². The SMILES string of the molecule is C=C1C(C)=C(/C=C\C)C(c2[c-]c(C)ccc2)=CN1C.[U+2].[c-]1ccccc1.